The number of para-hydroxylation sites is 2. The first kappa shape index (κ1) is 14.2. The fourth-order valence-corrected chi connectivity index (χ4v) is 3.11. The van der Waals surface area contributed by atoms with Crippen LogP contribution in [-0.2, 0) is 6.42 Å². The Hall–Kier alpha value is -1.80. The van der Waals surface area contributed by atoms with Crippen molar-refractivity contribution in [3.8, 4) is 0 Å². The molecule has 0 N–H and O–H groups in total. The van der Waals surface area contributed by atoms with Crippen molar-refractivity contribution < 1.29 is 0 Å². The van der Waals surface area contributed by atoms with Crippen LogP contribution in [0.3, 0.4) is 0 Å². The van der Waals surface area contributed by atoms with Gasteiger partial charge in [0, 0.05) is 12.3 Å². The van der Waals surface area contributed by atoms with Crippen LogP contribution in [0, 0.1) is 0 Å². The summed E-state index contributed by atoms with van der Waals surface area (Å²) in [6.07, 6.45) is 1.82. The smallest absolute Gasteiger partial charge is 0.111 e. The van der Waals surface area contributed by atoms with Crippen molar-refractivity contribution >= 4 is 22.6 Å². The maximum atomic E-state index is 5.98. The fraction of sp³-hybridized carbons (Fsp3) is 0.278. The Balaban J connectivity index is 2.18. The van der Waals surface area contributed by atoms with Crippen molar-refractivity contribution in [1.82, 2.24) is 9.55 Å². The second-order valence-corrected chi connectivity index (χ2v) is 5.54. The summed E-state index contributed by atoms with van der Waals surface area (Å²) in [6, 6.07) is 19.2. The summed E-state index contributed by atoms with van der Waals surface area (Å²) in [5.74, 6) is 1.66. The molecule has 2 nitrogen and oxygen atoms in total. The third-order valence-corrected chi connectivity index (χ3v) is 4.06. The number of imidazole rings is 1. The molecular formula is C18H19ClN2. The van der Waals surface area contributed by atoms with E-state index in [0.717, 1.165) is 24.2 Å². The zero-order valence-corrected chi connectivity index (χ0v) is 12.9. The molecular weight excluding hydrogens is 280 g/mol. The summed E-state index contributed by atoms with van der Waals surface area (Å²) in [7, 11) is 0. The molecule has 3 heteroatoms. The summed E-state index contributed by atoms with van der Waals surface area (Å²) in [4.78, 5) is 4.78. The molecule has 1 atom stereocenters. The Kier molecular flexibility index (Phi) is 4.26. The molecule has 1 heterocycles. The molecule has 0 bridgehead atoms. The molecule has 0 spiro atoms. The minimum absolute atomic E-state index is 0.303. The van der Waals surface area contributed by atoms with Crippen LogP contribution >= 0.6 is 11.6 Å². The van der Waals surface area contributed by atoms with Crippen LogP contribution in [-0.4, -0.2) is 15.4 Å². The summed E-state index contributed by atoms with van der Waals surface area (Å²) in [6.45, 7) is 2.22. The standard InChI is InChI=1S/C18H19ClN2/c1-2-16(14-8-4-3-5-9-14)21-17-11-7-6-10-15(17)20-18(21)12-13-19/h3-11,16H,2,12-13H2,1H3. The zero-order chi connectivity index (χ0) is 14.7. The first-order chi connectivity index (χ1) is 10.3. The lowest BCUT2D eigenvalue weighted by Gasteiger charge is -2.21. The van der Waals surface area contributed by atoms with Crippen LogP contribution in [0.1, 0.15) is 30.8 Å². The highest BCUT2D eigenvalue weighted by Gasteiger charge is 2.18. The van der Waals surface area contributed by atoms with Crippen molar-refractivity contribution in [2.24, 2.45) is 0 Å². The molecule has 0 fully saturated rings. The molecule has 21 heavy (non-hydrogen) atoms. The number of halogens is 1. The Morgan fingerprint density at radius 2 is 1.76 bits per heavy atom. The molecule has 0 aliphatic rings. The Morgan fingerprint density at radius 3 is 2.48 bits per heavy atom. The number of alkyl halides is 1. The van der Waals surface area contributed by atoms with Crippen LogP contribution in [0.25, 0.3) is 11.0 Å². The quantitative estimate of drug-likeness (QED) is 0.618. The number of nitrogens with zero attached hydrogens (tertiary/aromatic N) is 2. The third kappa shape index (κ3) is 2.68. The second kappa shape index (κ2) is 6.31. The predicted molar refractivity (Wildman–Crippen MR) is 89.0 cm³/mol. The third-order valence-electron chi connectivity index (χ3n) is 3.87. The van der Waals surface area contributed by atoms with E-state index in [1.165, 1.54) is 11.1 Å². The molecule has 3 rings (SSSR count). The predicted octanol–water partition coefficient (Wildman–Crippen LogP) is 4.82. The van der Waals surface area contributed by atoms with E-state index in [-0.39, 0.29) is 0 Å². The van der Waals surface area contributed by atoms with Gasteiger partial charge in [-0.2, -0.15) is 0 Å². The highest BCUT2D eigenvalue weighted by Crippen LogP contribution is 2.28. The lowest BCUT2D eigenvalue weighted by molar-refractivity contribution is 0.558. The van der Waals surface area contributed by atoms with E-state index in [1.54, 1.807) is 0 Å². The molecule has 0 radical (unpaired) electrons. The van der Waals surface area contributed by atoms with Gasteiger partial charge in [0.2, 0.25) is 0 Å². The normalized spacial score (nSPS) is 12.7. The highest BCUT2D eigenvalue weighted by atomic mass is 35.5. The number of hydrogen-bond donors (Lipinski definition) is 0. The van der Waals surface area contributed by atoms with Gasteiger partial charge in [-0.15, -0.1) is 11.6 Å². The van der Waals surface area contributed by atoms with E-state index >= 15 is 0 Å². The van der Waals surface area contributed by atoms with Crippen LogP contribution < -0.4 is 0 Å². The molecule has 0 aliphatic heterocycles. The average molecular weight is 299 g/mol. The summed E-state index contributed by atoms with van der Waals surface area (Å²) >= 11 is 5.98. The summed E-state index contributed by atoms with van der Waals surface area (Å²) in [5, 5.41) is 0. The van der Waals surface area contributed by atoms with Gasteiger partial charge in [0.25, 0.3) is 0 Å². The van der Waals surface area contributed by atoms with Gasteiger partial charge < -0.3 is 4.57 Å². The van der Waals surface area contributed by atoms with Crippen molar-refractivity contribution in [3.05, 3.63) is 66.0 Å². The summed E-state index contributed by atoms with van der Waals surface area (Å²) < 4.78 is 2.35. The van der Waals surface area contributed by atoms with Crippen molar-refractivity contribution in [2.45, 2.75) is 25.8 Å². The van der Waals surface area contributed by atoms with Crippen molar-refractivity contribution in [2.75, 3.05) is 5.88 Å². The second-order valence-electron chi connectivity index (χ2n) is 5.16. The van der Waals surface area contributed by atoms with Crippen LogP contribution in [0.2, 0.25) is 0 Å². The number of rotatable bonds is 5. The van der Waals surface area contributed by atoms with Crippen LogP contribution in [0.5, 0.6) is 0 Å². The van der Waals surface area contributed by atoms with Gasteiger partial charge in [-0.3, -0.25) is 0 Å². The molecule has 2 aromatic carbocycles. The van der Waals surface area contributed by atoms with E-state index in [9.17, 15) is 0 Å². The zero-order valence-electron chi connectivity index (χ0n) is 12.2. The van der Waals surface area contributed by atoms with E-state index in [1.807, 2.05) is 6.07 Å². The number of aryl methyl sites for hydroxylation is 1. The van der Waals surface area contributed by atoms with Gasteiger partial charge in [-0.25, -0.2) is 4.98 Å². The first-order valence-electron chi connectivity index (χ1n) is 7.42. The van der Waals surface area contributed by atoms with Crippen LogP contribution in [0.15, 0.2) is 54.6 Å². The summed E-state index contributed by atoms with van der Waals surface area (Å²) in [5.41, 5.74) is 3.55. The molecule has 108 valence electrons. The van der Waals surface area contributed by atoms with Gasteiger partial charge in [-0.05, 0) is 24.1 Å². The number of aromatic nitrogens is 2. The largest absolute Gasteiger partial charge is 0.320 e. The van der Waals surface area contributed by atoms with Crippen molar-refractivity contribution in [3.63, 3.8) is 0 Å². The maximum absolute atomic E-state index is 5.98. The molecule has 1 aromatic heterocycles. The van der Waals surface area contributed by atoms with E-state index in [2.05, 4.69) is 60.0 Å². The topological polar surface area (TPSA) is 17.8 Å². The average Bonchev–Trinajstić information content (AvgIpc) is 2.88. The van der Waals surface area contributed by atoms with Gasteiger partial charge in [0.1, 0.15) is 5.82 Å². The number of benzene rings is 2. The Labute approximate surface area is 130 Å². The first-order valence-corrected chi connectivity index (χ1v) is 7.95. The van der Waals surface area contributed by atoms with Crippen molar-refractivity contribution in [1.29, 1.82) is 0 Å². The minimum Gasteiger partial charge on any atom is -0.320 e. The lowest BCUT2D eigenvalue weighted by Crippen LogP contribution is -2.13. The molecule has 1 unspecified atom stereocenters. The molecule has 3 aromatic rings. The molecule has 0 saturated carbocycles. The lowest BCUT2D eigenvalue weighted by atomic mass is 10.0. The van der Waals surface area contributed by atoms with Gasteiger partial charge >= 0.3 is 0 Å². The molecule has 0 aliphatic carbocycles. The highest BCUT2D eigenvalue weighted by molar-refractivity contribution is 6.17. The van der Waals surface area contributed by atoms with E-state index in [4.69, 9.17) is 16.6 Å². The Bertz CT molecular complexity index is 718. The van der Waals surface area contributed by atoms with Gasteiger partial charge in [0.05, 0.1) is 17.1 Å². The van der Waals surface area contributed by atoms with E-state index < -0.39 is 0 Å². The number of fused-ring (bicyclic) bond motifs is 1. The number of hydrogen-bond acceptors (Lipinski definition) is 1. The van der Waals surface area contributed by atoms with Gasteiger partial charge in [-0.1, -0.05) is 49.4 Å². The SMILES string of the molecule is CCC(c1ccccc1)n1c(CCCl)nc2ccccc21. The molecule has 0 amide bonds. The monoisotopic (exact) mass is 298 g/mol. The molecule has 0 saturated heterocycles. The van der Waals surface area contributed by atoms with Gasteiger partial charge in [0.15, 0.2) is 0 Å². The maximum Gasteiger partial charge on any atom is 0.111 e. The van der Waals surface area contributed by atoms with Crippen LogP contribution in [0.4, 0.5) is 0 Å². The van der Waals surface area contributed by atoms with E-state index in [0.29, 0.717) is 11.9 Å². The fourth-order valence-electron chi connectivity index (χ4n) is 2.95. The Morgan fingerprint density at radius 1 is 1.05 bits per heavy atom. The minimum atomic E-state index is 0.303.